The van der Waals surface area contributed by atoms with Gasteiger partial charge in [0.05, 0.1) is 0 Å². The minimum Gasteiger partial charge on any atom is -0.518 e. The number of allylic oxidation sites excluding steroid dienone is 2. The van der Waals surface area contributed by atoms with Crippen LogP contribution in [-0.4, -0.2) is 0 Å². The summed E-state index contributed by atoms with van der Waals surface area (Å²) in [6.45, 7) is 14.5. The first-order valence-corrected chi connectivity index (χ1v) is 4.90. The molecule has 0 aromatic rings. The van der Waals surface area contributed by atoms with Crippen molar-refractivity contribution in [3.63, 3.8) is 0 Å². The zero-order valence-electron chi connectivity index (χ0n) is 8.87. The fourth-order valence-electron chi connectivity index (χ4n) is 0.644. The van der Waals surface area contributed by atoms with E-state index in [0.29, 0.717) is 0 Å². The average molecular weight is 225 g/mol. The molecule has 0 aromatic carbocycles. The maximum atomic E-state index is 5.09. The molecular formula is C12H22Ni. The van der Waals surface area contributed by atoms with Crippen molar-refractivity contribution < 1.29 is 16.5 Å². The summed E-state index contributed by atoms with van der Waals surface area (Å²) < 4.78 is 0. The Bertz CT molecular complexity index is 75.1. The van der Waals surface area contributed by atoms with Gasteiger partial charge in [-0.15, -0.1) is 0 Å². The molecule has 0 radical (unpaired) electrons. The fourth-order valence-corrected chi connectivity index (χ4v) is 0.644. The maximum Gasteiger partial charge on any atom is 2.00 e. The van der Waals surface area contributed by atoms with Crippen molar-refractivity contribution in [1.29, 1.82) is 0 Å². The quantitative estimate of drug-likeness (QED) is 0.358. The molecule has 0 aliphatic heterocycles. The Kier molecular flexibility index (Phi) is 32.6. The van der Waals surface area contributed by atoms with Crippen molar-refractivity contribution in [1.82, 2.24) is 0 Å². The van der Waals surface area contributed by atoms with Gasteiger partial charge in [0.15, 0.2) is 0 Å². The van der Waals surface area contributed by atoms with Crippen LogP contribution in [0.1, 0.15) is 52.4 Å². The third-order valence-electron chi connectivity index (χ3n) is 1.45. The van der Waals surface area contributed by atoms with E-state index in [2.05, 4.69) is 13.8 Å². The van der Waals surface area contributed by atoms with Gasteiger partial charge in [-0.1, -0.05) is 52.4 Å². The molecule has 0 aliphatic carbocycles. The Morgan fingerprint density at radius 3 is 1.23 bits per heavy atom. The molecule has 13 heavy (non-hydrogen) atoms. The molecule has 80 valence electrons. The number of hydrogen-bond acceptors (Lipinski definition) is 0. The van der Waals surface area contributed by atoms with Crippen LogP contribution in [-0.2, 0) is 16.5 Å². The van der Waals surface area contributed by atoms with Crippen LogP contribution >= 0.6 is 0 Å². The summed E-state index contributed by atoms with van der Waals surface area (Å²) in [5, 5.41) is 0. The van der Waals surface area contributed by atoms with Crippen molar-refractivity contribution in [3.05, 3.63) is 25.3 Å². The van der Waals surface area contributed by atoms with Crippen LogP contribution in [0.5, 0.6) is 0 Å². The number of hydrogen-bond donors (Lipinski definition) is 0. The summed E-state index contributed by atoms with van der Waals surface area (Å²) >= 11 is 0. The summed E-state index contributed by atoms with van der Waals surface area (Å²) in [6, 6.07) is 0. The Labute approximate surface area is 94.4 Å². The number of unbranched alkanes of at least 4 members (excludes halogenated alkanes) is 4. The summed E-state index contributed by atoms with van der Waals surface area (Å²) in [7, 11) is 0. The normalized spacial score (nSPS) is 7.54. The van der Waals surface area contributed by atoms with E-state index in [0.717, 1.165) is 12.8 Å². The van der Waals surface area contributed by atoms with Gasteiger partial charge in [0.2, 0.25) is 0 Å². The van der Waals surface area contributed by atoms with Crippen LogP contribution in [0.2, 0.25) is 0 Å². The molecule has 0 saturated heterocycles. The molecule has 0 spiro atoms. The second-order valence-corrected chi connectivity index (χ2v) is 2.76. The molecule has 0 N–H and O–H groups in total. The topological polar surface area (TPSA) is 0 Å². The minimum atomic E-state index is 0. The molecule has 0 bridgehead atoms. The van der Waals surface area contributed by atoms with E-state index in [1.54, 1.807) is 12.2 Å². The van der Waals surface area contributed by atoms with Gasteiger partial charge in [0, 0.05) is 0 Å². The molecule has 0 aliphatic rings. The predicted molar refractivity (Wildman–Crippen MR) is 56.8 cm³/mol. The first kappa shape index (κ1) is 18.7. The summed E-state index contributed by atoms with van der Waals surface area (Å²) in [4.78, 5) is 0. The molecule has 0 unspecified atom stereocenters. The molecule has 0 rings (SSSR count). The van der Waals surface area contributed by atoms with Crippen LogP contribution < -0.4 is 0 Å². The Hall–Kier alpha value is -0.0265. The molecular weight excluding hydrogens is 203 g/mol. The zero-order valence-corrected chi connectivity index (χ0v) is 9.86. The van der Waals surface area contributed by atoms with E-state index in [4.69, 9.17) is 13.2 Å². The van der Waals surface area contributed by atoms with Gasteiger partial charge >= 0.3 is 16.5 Å². The molecule has 0 heterocycles. The van der Waals surface area contributed by atoms with Crippen molar-refractivity contribution in [2.75, 3.05) is 0 Å². The molecule has 0 amide bonds. The van der Waals surface area contributed by atoms with Gasteiger partial charge < -0.3 is 13.2 Å². The minimum absolute atomic E-state index is 0. The SMILES string of the molecule is [CH-]=CCCCC.[CH-]=CCCCC.[Ni+2]. The van der Waals surface area contributed by atoms with Gasteiger partial charge in [0.1, 0.15) is 0 Å². The van der Waals surface area contributed by atoms with E-state index in [1.165, 1.54) is 25.7 Å². The second-order valence-electron chi connectivity index (χ2n) is 2.76. The van der Waals surface area contributed by atoms with Gasteiger partial charge in [-0.25, -0.2) is 0 Å². The van der Waals surface area contributed by atoms with E-state index in [-0.39, 0.29) is 16.5 Å². The molecule has 1 heteroatoms. The second kappa shape index (κ2) is 22.7. The fraction of sp³-hybridized carbons (Fsp3) is 0.667. The van der Waals surface area contributed by atoms with Gasteiger partial charge in [-0.05, 0) is 0 Å². The zero-order chi connectivity index (χ0) is 9.66. The summed E-state index contributed by atoms with van der Waals surface area (Å²) in [5.74, 6) is 0. The van der Waals surface area contributed by atoms with E-state index >= 15 is 0 Å². The smallest absolute Gasteiger partial charge is 0.518 e. The molecule has 0 nitrogen and oxygen atoms in total. The van der Waals surface area contributed by atoms with E-state index in [9.17, 15) is 0 Å². The van der Waals surface area contributed by atoms with E-state index < -0.39 is 0 Å². The summed E-state index contributed by atoms with van der Waals surface area (Å²) in [6.07, 6.45) is 10.5. The molecule has 0 atom stereocenters. The molecule has 0 saturated carbocycles. The first-order valence-electron chi connectivity index (χ1n) is 4.90. The third-order valence-corrected chi connectivity index (χ3v) is 1.45. The van der Waals surface area contributed by atoms with Crippen LogP contribution in [0.15, 0.2) is 12.2 Å². The van der Waals surface area contributed by atoms with Crippen molar-refractivity contribution >= 4 is 0 Å². The Morgan fingerprint density at radius 2 is 1.15 bits per heavy atom. The van der Waals surface area contributed by atoms with Crippen LogP contribution in [0.25, 0.3) is 0 Å². The Balaban J connectivity index is -0.000000143. The maximum absolute atomic E-state index is 5.09. The van der Waals surface area contributed by atoms with Gasteiger partial charge in [-0.2, -0.15) is 0 Å². The van der Waals surface area contributed by atoms with Gasteiger partial charge in [0.25, 0.3) is 0 Å². The van der Waals surface area contributed by atoms with Crippen LogP contribution in [0.4, 0.5) is 0 Å². The van der Waals surface area contributed by atoms with Crippen molar-refractivity contribution in [2.24, 2.45) is 0 Å². The monoisotopic (exact) mass is 224 g/mol. The predicted octanol–water partition coefficient (Wildman–Crippen LogP) is 4.33. The Morgan fingerprint density at radius 1 is 0.846 bits per heavy atom. The molecule has 0 aromatic heterocycles. The van der Waals surface area contributed by atoms with Crippen LogP contribution in [0, 0.1) is 13.2 Å². The van der Waals surface area contributed by atoms with Gasteiger partial charge in [-0.3, -0.25) is 12.2 Å². The number of rotatable bonds is 6. The average Bonchev–Trinajstić information content (AvgIpc) is 2.12. The summed E-state index contributed by atoms with van der Waals surface area (Å²) in [5.41, 5.74) is 0. The molecule has 0 fully saturated rings. The van der Waals surface area contributed by atoms with Crippen LogP contribution in [0.3, 0.4) is 0 Å². The van der Waals surface area contributed by atoms with E-state index in [1.807, 2.05) is 0 Å². The first-order chi connectivity index (χ1) is 5.83. The van der Waals surface area contributed by atoms with Crippen molar-refractivity contribution in [3.8, 4) is 0 Å². The standard InChI is InChI=1S/2C6H11.Ni/c2*1-3-5-6-4-2;/h2*1,3H,4-6H2,2H3;/q2*-1;+2. The van der Waals surface area contributed by atoms with Crippen molar-refractivity contribution in [2.45, 2.75) is 52.4 Å². The third kappa shape index (κ3) is 33.4. The largest absolute Gasteiger partial charge is 2.00 e.